The SMILES string of the molecule is CCOc1ccc(C(O)=C2C(=O)C(=O)N(c3nc(C)c(C)s3)[C@H]2c2ccc(O)c(OCC)c2)cc1. The van der Waals surface area contributed by atoms with E-state index in [-0.39, 0.29) is 22.8 Å². The van der Waals surface area contributed by atoms with Crippen LogP contribution in [-0.4, -0.2) is 40.1 Å². The summed E-state index contributed by atoms with van der Waals surface area (Å²) < 4.78 is 11.0. The summed E-state index contributed by atoms with van der Waals surface area (Å²) in [5.74, 6) is -1.16. The Bertz CT molecular complexity index is 1290. The van der Waals surface area contributed by atoms with Crippen LogP contribution in [0.5, 0.6) is 17.2 Å². The average Bonchev–Trinajstić information content (AvgIpc) is 3.30. The second-order valence-electron chi connectivity index (χ2n) is 7.92. The lowest BCUT2D eigenvalue weighted by Crippen LogP contribution is -2.29. The molecule has 2 heterocycles. The minimum Gasteiger partial charge on any atom is -0.507 e. The molecule has 1 aliphatic rings. The van der Waals surface area contributed by atoms with E-state index >= 15 is 0 Å². The molecular weight excluding hydrogens is 468 g/mol. The Kier molecular flexibility index (Phi) is 6.79. The first-order valence-corrected chi connectivity index (χ1v) is 12.0. The number of amides is 1. The fourth-order valence-electron chi connectivity index (χ4n) is 3.91. The highest BCUT2D eigenvalue weighted by atomic mass is 32.1. The number of rotatable bonds is 7. The van der Waals surface area contributed by atoms with Gasteiger partial charge in [0.1, 0.15) is 11.5 Å². The van der Waals surface area contributed by atoms with Crippen molar-refractivity contribution in [2.45, 2.75) is 33.7 Å². The van der Waals surface area contributed by atoms with Crippen molar-refractivity contribution >= 4 is 33.9 Å². The van der Waals surface area contributed by atoms with Crippen LogP contribution < -0.4 is 14.4 Å². The number of aliphatic hydroxyl groups is 1. The number of aliphatic hydroxyl groups excluding tert-OH is 1. The molecule has 0 bridgehead atoms. The van der Waals surface area contributed by atoms with E-state index in [0.29, 0.717) is 35.2 Å². The van der Waals surface area contributed by atoms with Crippen LogP contribution in [0.4, 0.5) is 5.13 Å². The maximum absolute atomic E-state index is 13.3. The number of aromatic nitrogens is 1. The number of Topliss-reactive ketones (excluding diaryl/α,β-unsaturated/α-hetero) is 1. The molecule has 1 aromatic heterocycles. The molecule has 1 aliphatic heterocycles. The van der Waals surface area contributed by atoms with Gasteiger partial charge in [0.25, 0.3) is 5.78 Å². The number of benzene rings is 2. The molecule has 0 aliphatic carbocycles. The minimum absolute atomic E-state index is 0.0694. The summed E-state index contributed by atoms with van der Waals surface area (Å²) in [6.07, 6.45) is 0. The smallest absolute Gasteiger partial charge is 0.301 e. The number of anilines is 1. The van der Waals surface area contributed by atoms with Crippen LogP contribution in [0.25, 0.3) is 5.76 Å². The zero-order valence-corrected chi connectivity index (χ0v) is 20.7. The number of thiazole rings is 1. The van der Waals surface area contributed by atoms with Crippen LogP contribution in [-0.2, 0) is 9.59 Å². The molecule has 0 unspecified atom stereocenters. The number of carbonyl (C=O) groups is 2. The van der Waals surface area contributed by atoms with Crippen molar-refractivity contribution in [2.24, 2.45) is 0 Å². The maximum Gasteiger partial charge on any atom is 0.301 e. The molecule has 0 spiro atoms. The minimum atomic E-state index is -0.966. The highest BCUT2D eigenvalue weighted by molar-refractivity contribution is 7.16. The van der Waals surface area contributed by atoms with Crippen molar-refractivity contribution in [3.05, 3.63) is 69.7 Å². The van der Waals surface area contributed by atoms with Gasteiger partial charge in [0.2, 0.25) is 0 Å². The van der Waals surface area contributed by atoms with E-state index in [2.05, 4.69) is 4.98 Å². The van der Waals surface area contributed by atoms with Gasteiger partial charge < -0.3 is 19.7 Å². The van der Waals surface area contributed by atoms with E-state index in [4.69, 9.17) is 9.47 Å². The molecule has 1 amide bonds. The largest absolute Gasteiger partial charge is 0.507 e. The van der Waals surface area contributed by atoms with Crippen molar-refractivity contribution < 1.29 is 29.3 Å². The first-order valence-electron chi connectivity index (χ1n) is 11.2. The van der Waals surface area contributed by atoms with E-state index in [9.17, 15) is 19.8 Å². The molecule has 182 valence electrons. The third-order valence-electron chi connectivity index (χ3n) is 5.71. The topological polar surface area (TPSA) is 109 Å². The van der Waals surface area contributed by atoms with Gasteiger partial charge in [0, 0.05) is 10.4 Å². The lowest BCUT2D eigenvalue weighted by atomic mass is 9.95. The average molecular weight is 495 g/mol. The standard InChI is InChI=1S/C26H26N2O6S/c1-5-33-18-10-7-16(8-11-18)23(30)21-22(17-9-12-19(29)20(13-17)34-6-2)28(25(32)24(21)31)26-27-14(3)15(4)35-26/h7-13,22,29-30H,5-6H2,1-4H3/t22-/m0/s1. The Morgan fingerprint density at radius 3 is 2.34 bits per heavy atom. The van der Waals surface area contributed by atoms with Crippen LogP contribution in [0.1, 0.15) is 41.6 Å². The zero-order valence-electron chi connectivity index (χ0n) is 19.9. The number of hydrogen-bond donors (Lipinski definition) is 2. The van der Waals surface area contributed by atoms with Gasteiger partial charge in [-0.25, -0.2) is 4.98 Å². The predicted molar refractivity (Wildman–Crippen MR) is 133 cm³/mol. The van der Waals surface area contributed by atoms with Crippen molar-refractivity contribution in [3.8, 4) is 17.2 Å². The summed E-state index contributed by atoms with van der Waals surface area (Å²) in [4.78, 5) is 33.3. The van der Waals surface area contributed by atoms with Gasteiger partial charge in [-0.15, -0.1) is 11.3 Å². The third-order valence-corrected chi connectivity index (χ3v) is 6.78. The van der Waals surface area contributed by atoms with Crippen molar-refractivity contribution in [3.63, 3.8) is 0 Å². The normalized spacial score (nSPS) is 17.1. The van der Waals surface area contributed by atoms with E-state index in [1.165, 1.54) is 22.3 Å². The van der Waals surface area contributed by atoms with E-state index < -0.39 is 17.7 Å². The monoisotopic (exact) mass is 494 g/mol. The number of hydrogen-bond acceptors (Lipinski definition) is 8. The van der Waals surface area contributed by atoms with E-state index in [1.807, 2.05) is 20.8 Å². The summed E-state index contributed by atoms with van der Waals surface area (Å²) in [5.41, 5.74) is 1.53. The number of carbonyl (C=O) groups excluding carboxylic acids is 2. The maximum atomic E-state index is 13.3. The number of ketones is 1. The molecule has 35 heavy (non-hydrogen) atoms. The number of phenolic OH excluding ortho intramolecular Hbond substituents is 1. The van der Waals surface area contributed by atoms with Crippen LogP contribution in [0.15, 0.2) is 48.0 Å². The van der Waals surface area contributed by atoms with E-state index in [0.717, 1.165) is 10.6 Å². The van der Waals surface area contributed by atoms with Gasteiger partial charge in [0.05, 0.1) is 30.5 Å². The van der Waals surface area contributed by atoms with Crippen LogP contribution in [0, 0.1) is 13.8 Å². The summed E-state index contributed by atoms with van der Waals surface area (Å²) in [7, 11) is 0. The quantitative estimate of drug-likeness (QED) is 0.273. The van der Waals surface area contributed by atoms with Crippen LogP contribution >= 0.6 is 11.3 Å². The predicted octanol–water partition coefficient (Wildman–Crippen LogP) is 4.89. The van der Waals surface area contributed by atoms with Gasteiger partial charge in [-0.3, -0.25) is 14.5 Å². The summed E-state index contributed by atoms with van der Waals surface area (Å²) >= 11 is 1.29. The molecule has 0 saturated carbocycles. The molecule has 1 atom stereocenters. The molecule has 4 rings (SSSR count). The lowest BCUT2D eigenvalue weighted by Gasteiger charge is -2.23. The summed E-state index contributed by atoms with van der Waals surface area (Å²) in [5, 5.41) is 21.8. The number of aromatic hydroxyl groups is 1. The zero-order chi connectivity index (χ0) is 25.3. The Morgan fingerprint density at radius 1 is 1.06 bits per heavy atom. The van der Waals surface area contributed by atoms with Crippen molar-refractivity contribution in [2.75, 3.05) is 18.1 Å². The molecule has 3 aromatic rings. The third kappa shape index (κ3) is 4.46. The Labute approximate surface area is 207 Å². The molecule has 1 fully saturated rings. The second kappa shape index (κ2) is 9.79. The van der Waals surface area contributed by atoms with Crippen molar-refractivity contribution in [1.29, 1.82) is 0 Å². The van der Waals surface area contributed by atoms with Crippen LogP contribution in [0.2, 0.25) is 0 Å². The Balaban J connectivity index is 1.91. The molecule has 2 N–H and O–H groups in total. The first kappa shape index (κ1) is 24.3. The summed E-state index contributed by atoms with van der Waals surface area (Å²) in [6.45, 7) is 8.17. The van der Waals surface area contributed by atoms with Gasteiger partial charge in [-0.05, 0) is 69.7 Å². The first-order chi connectivity index (χ1) is 16.8. The number of aryl methyl sites for hydroxylation is 2. The number of ether oxygens (including phenoxy) is 2. The Morgan fingerprint density at radius 2 is 1.74 bits per heavy atom. The fourth-order valence-corrected chi connectivity index (χ4v) is 4.84. The Hall–Kier alpha value is -3.85. The highest BCUT2D eigenvalue weighted by Crippen LogP contribution is 2.45. The fraction of sp³-hybridized carbons (Fsp3) is 0.269. The molecule has 9 heteroatoms. The van der Waals surface area contributed by atoms with Gasteiger partial charge in [0.15, 0.2) is 16.6 Å². The van der Waals surface area contributed by atoms with E-state index in [1.54, 1.807) is 43.3 Å². The molecule has 8 nitrogen and oxygen atoms in total. The number of phenols is 1. The highest BCUT2D eigenvalue weighted by Gasteiger charge is 2.48. The van der Waals surface area contributed by atoms with Gasteiger partial charge in [-0.1, -0.05) is 6.07 Å². The number of nitrogens with zero attached hydrogens (tertiary/aromatic N) is 2. The lowest BCUT2D eigenvalue weighted by molar-refractivity contribution is -0.132. The molecular formula is C26H26N2O6S. The second-order valence-corrected chi connectivity index (χ2v) is 9.11. The molecule has 0 radical (unpaired) electrons. The van der Waals surface area contributed by atoms with Crippen LogP contribution in [0.3, 0.4) is 0 Å². The molecule has 2 aromatic carbocycles. The van der Waals surface area contributed by atoms with Crippen molar-refractivity contribution in [1.82, 2.24) is 4.98 Å². The van der Waals surface area contributed by atoms with Gasteiger partial charge in [-0.2, -0.15) is 0 Å². The summed E-state index contributed by atoms with van der Waals surface area (Å²) in [6, 6.07) is 10.3. The molecule has 1 saturated heterocycles. The van der Waals surface area contributed by atoms with Gasteiger partial charge >= 0.3 is 5.91 Å².